The Morgan fingerprint density at radius 1 is 1.25 bits per heavy atom. The first-order chi connectivity index (χ1) is 9.37. The van der Waals surface area contributed by atoms with Crippen LogP contribution in [0.1, 0.15) is 19.8 Å². The molecular formula is C14H20FNO3S. The molecule has 20 heavy (non-hydrogen) atoms. The first-order valence-corrected chi connectivity index (χ1v) is 8.06. The van der Waals surface area contributed by atoms with Crippen LogP contribution in [0.25, 0.3) is 0 Å². The Hall–Kier alpha value is -0.980. The van der Waals surface area contributed by atoms with Crippen molar-refractivity contribution in [3.63, 3.8) is 0 Å². The van der Waals surface area contributed by atoms with Crippen LogP contribution in [-0.2, 0) is 14.8 Å². The number of ether oxygens (including phenoxy) is 1. The number of hydrogen-bond acceptors (Lipinski definition) is 3. The Kier molecular flexibility index (Phi) is 4.46. The number of piperidine rings is 1. The lowest BCUT2D eigenvalue weighted by Crippen LogP contribution is -2.43. The molecule has 1 heterocycles. The summed E-state index contributed by atoms with van der Waals surface area (Å²) < 4.78 is 44.4. The summed E-state index contributed by atoms with van der Waals surface area (Å²) in [6, 6.07) is 4.97. The second-order valence-electron chi connectivity index (χ2n) is 5.60. The van der Waals surface area contributed by atoms with Crippen LogP contribution in [0.3, 0.4) is 0 Å². The molecule has 112 valence electrons. The second kappa shape index (κ2) is 5.79. The molecular weight excluding hydrogens is 281 g/mol. The lowest BCUT2D eigenvalue weighted by molar-refractivity contribution is 0.0531. The van der Waals surface area contributed by atoms with Crippen molar-refractivity contribution in [1.29, 1.82) is 0 Å². The number of methoxy groups -OCH3 is 1. The summed E-state index contributed by atoms with van der Waals surface area (Å²) in [5.74, 6) is -0.435. The van der Waals surface area contributed by atoms with E-state index in [-0.39, 0.29) is 10.3 Å². The normalized spacial score (nSPS) is 19.9. The summed E-state index contributed by atoms with van der Waals surface area (Å²) in [6.07, 6.45) is 1.53. The van der Waals surface area contributed by atoms with Gasteiger partial charge in [0, 0.05) is 20.2 Å². The molecule has 4 nitrogen and oxygen atoms in total. The molecule has 0 amide bonds. The van der Waals surface area contributed by atoms with Crippen LogP contribution in [0.15, 0.2) is 29.2 Å². The zero-order chi connectivity index (χ0) is 14.8. The van der Waals surface area contributed by atoms with Crippen molar-refractivity contribution in [2.75, 3.05) is 26.8 Å². The molecule has 1 fully saturated rings. The number of benzene rings is 1. The fourth-order valence-electron chi connectivity index (χ4n) is 2.51. The van der Waals surface area contributed by atoms with Gasteiger partial charge in [-0.05, 0) is 42.5 Å². The van der Waals surface area contributed by atoms with E-state index in [1.54, 1.807) is 7.11 Å². The summed E-state index contributed by atoms with van der Waals surface area (Å²) in [5, 5.41) is 0. The van der Waals surface area contributed by atoms with Crippen molar-refractivity contribution in [2.24, 2.45) is 5.41 Å². The average Bonchev–Trinajstić information content (AvgIpc) is 2.39. The molecule has 0 aromatic heterocycles. The highest BCUT2D eigenvalue weighted by Gasteiger charge is 2.35. The molecule has 0 atom stereocenters. The monoisotopic (exact) mass is 301 g/mol. The molecule has 0 aliphatic carbocycles. The summed E-state index contributed by atoms with van der Waals surface area (Å²) in [5.41, 5.74) is 0.0313. The predicted molar refractivity (Wildman–Crippen MR) is 74.4 cm³/mol. The molecule has 1 aromatic carbocycles. The van der Waals surface area contributed by atoms with Crippen LogP contribution in [0.5, 0.6) is 0 Å². The maximum Gasteiger partial charge on any atom is 0.243 e. The van der Waals surface area contributed by atoms with Gasteiger partial charge in [-0.1, -0.05) is 6.92 Å². The minimum Gasteiger partial charge on any atom is -0.384 e. The third-order valence-corrected chi connectivity index (χ3v) is 5.79. The molecule has 0 saturated carbocycles. The number of nitrogens with zero attached hydrogens (tertiary/aromatic N) is 1. The van der Waals surface area contributed by atoms with E-state index in [0.29, 0.717) is 19.7 Å². The van der Waals surface area contributed by atoms with Gasteiger partial charge in [0.15, 0.2) is 0 Å². The van der Waals surface area contributed by atoms with Gasteiger partial charge >= 0.3 is 0 Å². The fraction of sp³-hybridized carbons (Fsp3) is 0.571. The maximum atomic E-state index is 12.9. The Labute approximate surface area is 119 Å². The smallest absolute Gasteiger partial charge is 0.243 e. The van der Waals surface area contributed by atoms with Crippen molar-refractivity contribution in [3.8, 4) is 0 Å². The maximum absolute atomic E-state index is 12.9. The summed E-state index contributed by atoms with van der Waals surface area (Å²) in [6.45, 7) is 3.69. The average molecular weight is 301 g/mol. The Morgan fingerprint density at radius 3 is 2.30 bits per heavy atom. The molecule has 0 bridgehead atoms. The zero-order valence-electron chi connectivity index (χ0n) is 11.8. The van der Waals surface area contributed by atoms with Crippen LogP contribution >= 0.6 is 0 Å². The van der Waals surface area contributed by atoms with Gasteiger partial charge < -0.3 is 4.74 Å². The highest BCUT2D eigenvalue weighted by Crippen LogP contribution is 2.33. The lowest BCUT2D eigenvalue weighted by Gasteiger charge is -2.38. The molecule has 0 N–H and O–H groups in total. The van der Waals surface area contributed by atoms with Crippen molar-refractivity contribution in [3.05, 3.63) is 30.1 Å². The van der Waals surface area contributed by atoms with Gasteiger partial charge in [-0.15, -0.1) is 0 Å². The summed E-state index contributed by atoms with van der Waals surface area (Å²) in [4.78, 5) is 0.147. The Bertz CT molecular complexity index is 548. The minimum atomic E-state index is -3.52. The minimum absolute atomic E-state index is 0.0313. The standard InChI is InChI=1S/C14H20FNO3S/c1-14(11-19-2)7-9-16(10-8-14)20(17,18)13-5-3-12(15)4-6-13/h3-6H,7-11H2,1-2H3. The van der Waals surface area contributed by atoms with Gasteiger partial charge in [0.25, 0.3) is 0 Å². The van der Waals surface area contributed by atoms with Crippen molar-refractivity contribution < 1.29 is 17.5 Å². The first-order valence-electron chi connectivity index (χ1n) is 6.62. The molecule has 0 unspecified atom stereocenters. The Balaban J connectivity index is 2.11. The number of hydrogen-bond donors (Lipinski definition) is 0. The molecule has 2 rings (SSSR count). The number of sulfonamides is 1. The van der Waals surface area contributed by atoms with Crippen molar-refractivity contribution >= 4 is 10.0 Å². The van der Waals surface area contributed by atoms with E-state index >= 15 is 0 Å². The van der Waals surface area contributed by atoms with Crippen LogP contribution in [-0.4, -0.2) is 39.5 Å². The molecule has 1 saturated heterocycles. The molecule has 1 aliphatic rings. The SMILES string of the molecule is COCC1(C)CCN(S(=O)(=O)c2ccc(F)cc2)CC1. The quantitative estimate of drug-likeness (QED) is 0.857. The van der Waals surface area contributed by atoms with Gasteiger partial charge in [-0.25, -0.2) is 12.8 Å². The van der Waals surface area contributed by atoms with E-state index in [1.807, 2.05) is 0 Å². The van der Waals surface area contributed by atoms with E-state index in [4.69, 9.17) is 4.74 Å². The molecule has 6 heteroatoms. The summed E-state index contributed by atoms with van der Waals surface area (Å²) >= 11 is 0. The number of rotatable bonds is 4. The van der Waals surface area contributed by atoms with Crippen LogP contribution in [0.4, 0.5) is 4.39 Å². The molecule has 1 aromatic rings. The Morgan fingerprint density at radius 2 is 1.80 bits per heavy atom. The van der Waals surface area contributed by atoms with Crippen LogP contribution in [0, 0.1) is 11.2 Å². The van der Waals surface area contributed by atoms with Gasteiger partial charge in [-0.3, -0.25) is 0 Å². The number of halogens is 1. The van der Waals surface area contributed by atoms with Crippen LogP contribution < -0.4 is 0 Å². The predicted octanol–water partition coefficient (Wildman–Crippen LogP) is 2.26. The van der Waals surface area contributed by atoms with E-state index in [9.17, 15) is 12.8 Å². The molecule has 1 aliphatic heterocycles. The topological polar surface area (TPSA) is 46.6 Å². The fourth-order valence-corrected chi connectivity index (χ4v) is 3.96. The van der Waals surface area contributed by atoms with Crippen molar-refractivity contribution in [2.45, 2.75) is 24.7 Å². The zero-order valence-corrected chi connectivity index (χ0v) is 12.6. The van der Waals surface area contributed by atoms with E-state index < -0.39 is 15.8 Å². The van der Waals surface area contributed by atoms with Gasteiger partial charge in [0.05, 0.1) is 11.5 Å². The second-order valence-corrected chi connectivity index (χ2v) is 7.54. The third-order valence-electron chi connectivity index (χ3n) is 3.87. The molecule has 0 spiro atoms. The summed E-state index contributed by atoms with van der Waals surface area (Å²) in [7, 11) is -1.86. The molecule has 0 radical (unpaired) electrons. The largest absolute Gasteiger partial charge is 0.384 e. The highest BCUT2D eigenvalue weighted by molar-refractivity contribution is 7.89. The van der Waals surface area contributed by atoms with Crippen LogP contribution in [0.2, 0.25) is 0 Å². The lowest BCUT2D eigenvalue weighted by atomic mass is 9.82. The van der Waals surface area contributed by atoms with E-state index in [0.717, 1.165) is 12.8 Å². The highest BCUT2D eigenvalue weighted by atomic mass is 32.2. The van der Waals surface area contributed by atoms with E-state index in [1.165, 1.54) is 28.6 Å². The van der Waals surface area contributed by atoms with Gasteiger partial charge in [0.2, 0.25) is 10.0 Å². The van der Waals surface area contributed by atoms with Gasteiger partial charge in [-0.2, -0.15) is 4.31 Å². The first kappa shape index (κ1) is 15.4. The van der Waals surface area contributed by atoms with Gasteiger partial charge in [0.1, 0.15) is 5.82 Å². The van der Waals surface area contributed by atoms with E-state index in [2.05, 4.69) is 6.92 Å². The third kappa shape index (κ3) is 3.19. The van der Waals surface area contributed by atoms with Crippen molar-refractivity contribution in [1.82, 2.24) is 4.31 Å².